The van der Waals surface area contributed by atoms with Crippen LogP contribution in [0.15, 0.2) is 176 Å². The second-order valence-corrected chi connectivity index (χ2v) is 12.4. The first kappa shape index (κ1) is 26.7. The van der Waals surface area contributed by atoms with Gasteiger partial charge in [-0.15, -0.1) is 0 Å². The lowest BCUT2D eigenvalue weighted by molar-refractivity contribution is 1.12. The lowest BCUT2D eigenvalue weighted by Crippen LogP contribution is -1.99. The number of pyridine rings is 1. The quantitative estimate of drug-likeness (QED) is 0.182. The fraction of sp³-hybridized carbons (Fsp3) is 0. The molecule has 48 heavy (non-hydrogen) atoms. The monoisotopic (exact) mass is 611 g/mol. The van der Waals surface area contributed by atoms with Crippen LogP contribution >= 0.6 is 0 Å². The summed E-state index contributed by atoms with van der Waals surface area (Å²) in [6, 6.07) is 63.2. The van der Waals surface area contributed by atoms with E-state index in [1.165, 1.54) is 38.6 Å². The van der Waals surface area contributed by atoms with Crippen molar-refractivity contribution in [3.05, 3.63) is 176 Å². The van der Waals surface area contributed by atoms with Gasteiger partial charge in [0.2, 0.25) is 0 Å². The molecule has 3 heterocycles. The summed E-state index contributed by atoms with van der Waals surface area (Å²) in [6.07, 6.45) is 0. The highest BCUT2D eigenvalue weighted by Gasteiger charge is 2.21. The Kier molecular flexibility index (Phi) is 5.87. The van der Waals surface area contributed by atoms with Gasteiger partial charge >= 0.3 is 0 Å². The molecule has 0 fully saturated rings. The normalized spacial score (nSPS) is 11.8. The Morgan fingerprint density at radius 1 is 0.354 bits per heavy atom. The summed E-state index contributed by atoms with van der Waals surface area (Å²) in [5, 5.41) is 4.74. The molecule has 10 aromatic rings. The predicted octanol–water partition coefficient (Wildman–Crippen LogP) is 11.7. The van der Waals surface area contributed by atoms with Crippen LogP contribution in [0.4, 0.5) is 0 Å². The molecule has 0 radical (unpaired) electrons. The Morgan fingerprint density at radius 3 is 1.56 bits per heavy atom. The summed E-state index contributed by atoms with van der Waals surface area (Å²) in [5.74, 6) is 0. The highest BCUT2D eigenvalue weighted by Crippen LogP contribution is 2.39. The van der Waals surface area contributed by atoms with Crippen LogP contribution in [0.25, 0.3) is 88.5 Å². The molecule has 3 nitrogen and oxygen atoms in total. The summed E-state index contributed by atoms with van der Waals surface area (Å²) >= 11 is 0. The summed E-state index contributed by atoms with van der Waals surface area (Å²) in [4.78, 5) is 5.38. The maximum Gasteiger partial charge on any atom is 0.151 e. The molecule has 0 aliphatic heterocycles. The van der Waals surface area contributed by atoms with Crippen molar-refractivity contribution in [1.82, 2.24) is 14.0 Å². The number of aromatic nitrogens is 3. The first-order valence-corrected chi connectivity index (χ1v) is 16.4. The molecule has 3 aromatic heterocycles. The third-order valence-electron chi connectivity index (χ3n) is 9.65. The van der Waals surface area contributed by atoms with Crippen LogP contribution in [-0.4, -0.2) is 14.0 Å². The van der Waals surface area contributed by atoms with Crippen LogP contribution in [-0.2, 0) is 0 Å². The highest BCUT2D eigenvalue weighted by molar-refractivity contribution is 6.16. The van der Waals surface area contributed by atoms with Crippen LogP contribution in [0.1, 0.15) is 0 Å². The van der Waals surface area contributed by atoms with E-state index < -0.39 is 0 Å². The Hall–Kier alpha value is -6.45. The molecule has 0 aliphatic rings. The minimum absolute atomic E-state index is 0.980. The maximum absolute atomic E-state index is 5.38. The zero-order valence-corrected chi connectivity index (χ0v) is 26.1. The molecule has 3 heteroatoms. The van der Waals surface area contributed by atoms with Crippen molar-refractivity contribution in [2.45, 2.75) is 0 Å². The third-order valence-corrected chi connectivity index (χ3v) is 9.65. The van der Waals surface area contributed by atoms with Gasteiger partial charge in [0, 0.05) is 21.8 Å². The predicted molar refractivity (Wildman–Crippen MR) is 201 cm³/mol. The molecular formula is C45H29N3. The van der Waals surface area contributed by atoms with Gasteiger partial charge in [0.05, 0.1) is 11.0 Å². The lowest BCUT2D eigenvalue weighted by atomic mass is 9.93. The van der Waals surface area contributed by atoms with E-state index in [1.807, 2.05) is 0 Å². The van der Waals surface area contributed by atoms with Gasteiger partial charge in [-0.2, -0.15) is 0 Å². The number of imidazole rings is 1. The van der Waals surface area contributed by atoms with E-state index in [1.54, 1.807) is 0 Å². The average molecular weight is 612 g/mol. The number of rotatable bonds is 4. The molecule has 0 amide bonds. The zero-order chi connectivity index (χ0) is 31.6. The van der Waals surface area contributed by atoms with Crippen LogP contribution in [0.2, 0.25) is 0 Å². The lowest BCUT2D eigenvalue weighted by Gasteiger charge is -2.14. The highest BCUT2D eigenvalue weighted by atomic mass is 15.2. The van der Waals surface area contributed by atoms with E-state index in [2.05, 4.69) is 185 Å². The van der Waals surface area contributed by atoms with Gasteiger partial charge in [-0.05, 0) is 81.2 Å². The second-order valence-electron chi connectivity index (χ2n) is 12.4. The molecule has 0 bridgehead atoms. The molecule has 0 atom stereocenters. The van der Waals surface area contributed by atoms with E-state index >= 15 is 0 Å². The SMILES string of the molecule is c1ccc(-c2cc(-c3ccccc3)cc(-c3cccc(-n4c5ccccc5c5nc6c7ccccc7c7ccccc7n6c54)c3)c2)cc1. The minimum atomic E-state index is 0.980. The fourth-order valence-corrected chi connectivity index (χ4v) is 7.47. The van der Waals surface area contributed by atoms with Gasteiger partial charge in [-0.1, -0.05) is 133 Å². The molecule has 0 saturated heterocycles. The second kappa shape index (κ2) is 10.5. The first-order chi connectivity index (χ1) is 23.8. The molecule has 224 valence electrons. The number of benzene rings is 7. The number of nitrogens with zero attached hydrogens (tertiary/aromatic N) is 3. The van der Waals surface area contributed by atoms with E-state index in [4.69, 9.17) is 4.98 Å². The first-order valence-electron chi connectivity index (χ1n) is 16.4. The van der Waals surface area contributed by atoms with Crippen LogP contribution in [0.5, 0.6) is 0 Å². The van der Waals surface area contributed by atoms with Crippen molar-refractivity contribution in [1.29, 1.82) is 0 Å². The Morgan fingerprint density at radius 2 is 0.875 bits per heavy atom. The van der Waals surface area contributed by atoms with Crippen molar-refractivity contribution in [2.24, 2.45) is 0 Å². The van der Waals surface area contributed by atoms with E-state index in [0.29, 0.717) is 0 Å². The topological polar surface area (TPSA) is 22.2 Å². The van der Waals surface area contributed by atoms with Gasteiger partial charge in [0.1, 0.15) is 11.2 Å². The van der Waals surface area contributed by atoms with Crippen LogP contribution < -0.4 is 0 Å². The summed E-state index contributed by atoms with van der Waals surface area (Å²) in [5.41, 5.74) is 13.6. The zero-order valence-electron chi connectivity index (χ0n) is 26.1. The van der Waals surface area contributed by atoms with Gasteiger partial charge in [0.15, 0.2) is 5.65 Å². The maximum atomic E-state index is 5.38. The number of hydrogen-bond acceptors (Lipinski definition) is 1. The van der Waals surface area contributed by atoms with Gasteiger partial charge in [-0.3, -0.25) is 8.97 Å². The smallest absolute Gasteiger partial charge is 0.151 e. The Balaban J connectivity index is 1.26. The minimum Gasteiger partial charge on any atom is -0.294 e. The van der Waals surface area contributed by atoms with Gasteiger partial charge in [0.25, 0.3) is 0 Å². The standard InChI is InChI=1S/C45H29N3/c1-3-14-30(15-4-1)33-26-34(31-16-5-2-6-17-31)28-35(27-33)32-18-13-19-36(29-32)47-42-25-12-10-23-40(42)43-45(47)48-41-24-11-9-21-38(41)37-20-7-8-22-39(37)44(48)46-43/h1-29H. The third kappa shape index (κ3) is 4.04. The Bertz CT molecular complexity index is 2770. The van der Waals surface area contributed by atoms with Crippen molar-refractivity contribution >= 4 is 49.4 Å². The Labute approximate surface area is 277 Å². The van der Waals surface area contributed by atoms with Crippen LogP contribution in [0.3, 0.4) is 0 Å². The summed E-state index contributed by atoms with van der Waals surface area (Å²) in [7, 11) is 0. The molecular weight excluding hydrogens is 583 g/mol. The van der Waals surface area contributed by atoms with Crippen molar-refractivity contribution in [2.75, 3.05) is 0 Å². The van der Waals surface area contributed by atoms with E-state index in [0.717, 1.165) is 49.9 Å². The molecule has 0 spiro atoms. The van der Waals surface area contributed by atoms with E-state index in [-0.39, 0.29) is 0 Å². The molecule has 0 saturated carbocycles. The molecule has 0 unspecified atom stereocenters. The summed E-state index contributed by atoms with van der Waals surface area (Å²) in [6.45, 7) is 0. The largest absolute Gasteiger partial charge is 0.294 e. The molecule has 0 aliphatic carbocycles. The van der Waals surface area contributed by atoms with Gasteiger partial charge < -0.3 is 0 Å². The molecule has 7 aromatic carbocycles. The van der Waals surface area contributed by atoms with Gasteiger partial charge in [-0.25, -0.2) is 4.98 Å². The number of fused-ring (bicyclic) bond motifs is 10. The summed E-state index contributed by atoms with van der Waals surface area (Å²) < 4.78 is 4.76. The molecule has 0 N–H and O–H groups in total. The van der Waals surface area contributed by atoms with Crippen molar-refractivity contribution in [3.63, 3.8) is 0 Å². The average Bonchev–Trinajstić information content (AvgIpc) is 3.71. The van der Waals surface area contributed by atoms with Crippen molar-refractivity contribution in [3.8, 4) is 39.1 Å². The number of para-hydroxylation sites is 2. The van der Waals surface area contributed by atoms with E-state index in [9.17, 15) is 0 Å². The fourth-order valence-electron chi connectivity index (χ4n) is 7.47. The van der Waals surface area contributed by atoms with Crippen molar-refractivity contribution < 1.29 is 0 Å². The van der Waals surface area contributed by atoms with Crippen LogP contribution in [0, 0.1) is 0 Å². The number of hydrogen-bond donors (Lipinski definition) is 0. The molecule has 10 rings (SSSR count).